The van der Waals surface area contributed by atoms with Gasteiger partial charge < -0.3 is 15.2 Å². The molecule has 7 nitrogen and oxygen atoms in total. The Hall–Kier alpha value is -2.13. The lowest BCUT2D eigenvalue weighted by Crippen LogP contribution is -2.37. The molecule has 0 aliphatic carbocycles. The second kappa shape index (κ2) is 9.18. The predicted octanol–water partition coefficient (Wildman–Crippen LogP) is 1.79. The average molecular weight is 413 g/mol. The number of aliphatic hydroxyl groups excluding tert-OH is 1. The van der Waals surface area contributed by atoms with Crippen molar-refractivity contribution in [2.24, 2.45) is 0 Å². The minimum Gasteiger partial charge on any atom is -0.497 e. The number of aliphatic hydroxyl groups is 1. The topological polar surface area (TPSA) is 105 Å². The van der Waals surface area contributed by atoms with Crippen molar-refractivity contribution in [1.82, 2.24) is 10.0 Å². The smallest absolute Gasteiger partial charge is 0.253 e. The maximum atomic E-state index is 12.3. The van der Waals surface area contributed by atoms with Gasteiger partial charge >= 0.3 is 0 Å². The highest BCUT2D eigenvalue weighted by molar-refractivity contribution is 7.89. The first-order chi connectivity index (χ1) is 12.7. The quantitative estimate of drug-likeness (QED) is 0.573. The van der Waals surface area contributed by atoms with E-state index in [2.05, 4.69) is 10.0 Å². The number of halogens is 1. The summed E-state index contributed by atoms with van der Waals surface area (Å²) in [5.74, 6) is -0.0136. The summed E-state index contributed by atoms with van der Waals surface area (Å²) in [7, 11) is -2.20. The normalized spacial score (nSPS) is 12.4. The maximum Gasteiger partial charge on any atom is 0.253 e. The number of ether oxygens (including phenoxy) is 1. The fourth-order valence-corrected chi connectivity index (χ4v) is 3.88. The van der Waals surface area contributed by atoms with E-state index < -0.39 is 22.0 Å². The first-order valence-corrected chi connectivity index (χ1v) is 9.96. The molecule has 3 N–H and O–H groups in total. The zero-order valence-corrected chi connectivity index (χ0v) is 16.5. The molecule has 0 aliphatic rings. The van der Waals surface area contributed by atoms with Crippen molar-refractivity contribution in [2.45, 2.75) is 17.9 Å². The van der Waals surface area contributed by atoms with Crippen molar-refractivity contribution in [3.8, 4) is 5.75 Å². The summed E-state index contributed by atoms with van der Waals surface area (Å²) in [4.78, 5) is 12.1. The van der Waals surface area contributed by atoms with Crippen molar-refractivity contribution >= 4 is 27.5 Å². The predicted molar refractivity (Wildman–Crippen MR) is 102 cm³/mol. The monoisotopic (exact) mass is 412 g/mol. The van der Waals surface area contributed by atoms with Crippen LogP contribution in [0.25, 0.3) is 0 Å². The van der Waals surface area contributed by atoms with Crippen LogP contribution in [0, 0.1) is 6.92 Å². The van der Waals surface area contributed by atoms with Crippen LogP contribution in [0.3, 0.4) is 0 Å². The van der Waals surface area contributed by atoms with E-state index in [0.717, 1.165) is 0 Å². The van der Waals surface area contributed by atoms with E-state index in [4.69, 9.17) is 16.3 Å². The summed E-state index contributed by atoms with van der Waals surface area (Å²) in [5, 5.41) is 13.0. The number of hydrogen-bond acceptors (Lipinski definition) is 5. The summed E-state index contributed by atoms with van der Waals surface area (Å²) in [5.41, 5.74) is 0.930. The van der Waals surface area contributed by atoms with Gasteiger partial charge in [0.15, 0.2) is 6.10 Å². The summed E-state index contributed by atoms with van der Waals surface area (Å²) >= 11 is 5.83. The highest BCUT2D eigenvalue weighted by atomic mass is 35.5. The number of hydrogen-bond donors (Lipinski definition) is 3. The van der Waals surface area contributed by atoms with Gasteiger partial charge in [-0.3, -0.25) is 4.79 Å². The Bertz CT molecular complexity index is 900. The molecule has 0 aromatic heterocycles. The second-order valence-corrected chi connectivity index (χ2v) is 7.95. The molecule has 2 rings (SSSR count). The summed E-state index contributed by atoms with van der Waals surface area (Å²) in [6, 6.07) is 10.9. The zero-order valence-electron chi connectivity index (χ0n) is 14.9. The van der Waals surface area contributed by atoms with Gasteiger partial charge in [-0.25, -0.2) is 13.1 Å². The third kappa shape index (κ3) is 5.67. The number of carbonyl (C=O) groups is 1. The molecular formula is C18H21ClN2O5S. The second-order valence-electron chi connectivity index (χ2n) is 5.77. The molecule has 0 aliphatic heterocycles. The molecule has 0 spiro atoms. The zero-order chi connectivity index (χ0) is 20.0. The molecule has 27 heavy (non-hydrogen) atoms. The number of methoxy groups -OCH3 is 1. The standard InChI is InChI=1S/C18H21ClN2O5S/c1-12-11-14(19)5-8-16(12)27(24,25)21-10-9-20-18(23)17(22)13-3-6-15(26-2)7-4-13/h3-8,11,17,21-22H,9-10H2,1-2H3,(H,20,23)/t17-/m0/s1. The molecule has 0 heterocycles. The van der Waals surface area contributed by atoms with Crippen LogP contribution in [-0.4, -0.2) is 39.6 Å². The van der Waals surface area contributed by atoms with Crippen LogP contribution in [-0.2, 0) is 14.8 Å². The Morgan fingerprint density at radius 1 is 1.19 bits per heavy atom. The molecule has 0 fully saturated rings. The Morgan fingerprint density at radius 2 is 1.85 bits per heavy atom. The van der Waals surface area contributed by atoms with E-state index in [9.17, 15) is 18.3 Å². The van der Waals surface area contributed by atoms with E-state index in [1.807, 2.05) is 0 Å². The Kier molecular flexibility index (Phi) is 7.20. The van der Waals surface area contributed by atoms with E-state index in [1.165, 1.54) is 19.2 Å². The first-order valence-electron chi connectivity index (χ1n) is 8.10. The van der Waals surface area contributed by atoms with Crippen molar-refractivity contribution in [3.05, 3.63) is 58.6 Å². The minimum atomic E-state index is -3.72. The van der Waals surface area contributed by atoms with E-state index >= 15 is 0 Å². The van der Waals surface area contributed by atoms with Gasteiger partial charge in [0.2, 0.25) is 10.0 Å². The van der Waals surface area contributed by atoms with Crippen LogP contribution in [0.5, 0.6) is 5.75 Å². The lowest BCUT2D eigenvalue weighted by molar-refractivity contribution is -0.129. The molecule has 0 unspecified atom stereocenters. The van der Waals surface area contributed by atoms with E-state index in [-0.39, 0.29) is 18.0 Å². The number of amides is 1. The van der Waals surface area contributed by atoms with Crippen molar-refractivity contribution in [3.63, 3.8) is 0 Å². The summed E-state index contributed by atoms with van der Waals surface area (Å²) in [6.45, 7) is 1.65. The fourth-order valence-electron chi connectivity index (χ4n) is 2.40. The molecule has 2 aromatic rings. The van der Waals surface area contributed by atoms with Crippen LogP contribution in [0.4, 0.5) is 0 Å². The SMILES string of the molecule is COc1ccc([C@H](O)C(=O)NCCNS(=O)(=O)c2ccc(Cl)cc2C)cc1. The lowest BCUT2D eigenvalue weighted by atomic mass is 10.1. The van der Waals surface area contributed by atoms with Crippen LogP contribution < -0.4 is 14.8 Å². The van der Waals surface area contributed by atoms with Crippen LogP contribution in [0.15, 0.2) is 47.4 Å². The summed E-state index contributed by atoms with van der Waals surface area (Å²) in [6.07, 6.45) is -1.36. The largest absolute Gasteiger partial charge is 0.497 e. The van der Waals surface area contributed by atoms with Gasteiger partial charge in [0.05, 0.1) is 12.0 Å². The van der Waals surface area contributed by atoms with Gasteiger partial charge in [-0.2, -0.15) is 0 Å². The highest BCUT2D eigenvalue weighted by Crippen LogP contribution is 2.19. The molecule has 1 amide bonds. The molecule has 9 heteroatoms. The molecule has 0 radical (unpaired) electrons. The third-order valence-corrected chi connectivity index (χ3v) is 5.68. The molecule has 146 valence electrons. The van der Waals surface area contributed by atoms with Gasteiger partial charge in [-0.1, -0.05) is 23.7 Å². The number of rotatable bonds is 8. The number of benzene rings is 2. The van der Waals surface area contributed by atoms with Gasteiger partial charge in [0, 0.05) is 18.1 Å². The molecule has 0 bridgehead atoms. The lowest BCUT2D eigenvalue weighted by Gasteiger charge is -2.13. The average Bonchev–Trinajstić information content (AvgIpc) is 2.64. The Balaban J connectivity index is 1.87. The number of aryl methyl sites for hydroxylation is 1. The van der Waals surface area contributed by atoms with Gasteiger partial charge in [-0.15, -0.1) is 0 Å². The van der Waals surface area contributed by atoms with Crippen LogP contribution >= 0.6 is 11.6 Å². The van der Waals surface area contributed by atoms with Crippen LogP contribution in [0.1, 0.15) is 17.2 Å². The molecule has 0 saturated heterocycles. The van der Waals surface area contributed by atoms with E-state index in [1.54, 1.807) is 37.3 Å². The van der Waals surface area contributed by atoms with Crippen molar-refractivity contribution in [2.75, 3.05) is 20.2 Å². The van der Waals surface area contributed by atoms with Gasteiger partial charge in [-0.05, 0) is 48.4 Å². The van der Waals surface area contributed by atoms with Crippen LogP contribution in [0.2, 0.25) is 5.02 Å². The molecule has 0 saturated carbocycles. The number of sulfonamides is 1. The number of nitrogens with one attached hydrogen (secondary N) is 2. The van der Waals surface area contributed by atoms with Gasteiger partial charge in [0.25, 0.3) is 5.91 Å². The third-order valence-electron chi connectivity index (χ3n) is 3.82. The number of carbonyl (C=O) groups excluding carboxylic acids is 1. The van der Waals surface area contributed by atoms with Crippen molar-refractivity contribution < 1.29 is 23.1 Å². The Morgan fingerprint density at radius 3 is 2.44 bits per heavy atom. The Labute approximate surface area is 163 Å². The first kappa shape index (κ1) is 21.2. The summed E-state index contributed by atoms with van der Waals surface area (Å²) < 4.78 is 32.0. The fraction of sp³-hybridized carbons (Fsp3) is 0.278. The molecule has 2 aromatic carbocycles. The minimum absolute atomic E-state index is 0.0223. The highest BCUT2D eigenvalue weighted by Gasteiger charge is 2.19. The molecule has 1 atom stereocenters. The van der Waals surface area contributed by atoms with Crippen molar-refractivity contribution in [1.29, 1.82) is 0 Å². The molecular weight excluding hydrogens is 392 g/mol. The van der Waals surface area contributed by atoms with Gasteiger partial charge in [0.1, 0.15) is 5.75 Å². The van der Waals surface area contributed by atoms with E-state index in [0.29, 0.717) is 21.9 Å². The maximum absolute atomic E-state index is 12.3.